The highest BCUT2D eigenvalue weighted by Crippen LogP contribution is 2.27. The maximum absolute atomic E-state index is 13.6. The van der Waals surface area contributed by atoms with Crippen LogP contribution in [0.3, 0.4) is 0 Å². The van der Waals surface area contributed by atoms with Crippen LogP contribution in [0.1, 0.15) is 33.1 Å². The Morgan fingerprint density at radius 2 is 2.05 bits per heavy atom. The van der Waals surface area contributed by atoms with E-state index in [1.54, 1.807) is 0 Å². The minimum absolute atomic E-state index is 0.0493. The molecule has 21 heavy (non-hydrogen) atoms. The molecule has 1 fully saturated rings. The molecule has 2 rings (SSSR count). The predicted octanol–water partition coefficient (Wildman–Crippen LogP) is 2.25. The lowest BCUT2D eigenvalue weighted by molar-refractivity contribution is -0.114. The molecule has 1 aromatic rings. The number of halogens is 1. The summed E-state index contributed by atoms with van der Waals surface area (Å²) in [6.07, 6.45) is 2.79. The van der Waals surface area contributed by atoms with Gasteiger partial charge in [-0.2, -0.15) is 0 Å². The van der Waals surface area contributed by atoms with Crippen molar-refractivity contribution in [1.29, 1.82) is 0 Å². The molecule has 0 saturated heterocycles. The van der Waals surface area contributed by atoms with Gasteiger partial charge in [0.2, 0.25) is 15.9 Å². The van der Waals surface area contributed by atoms with E-state index < -0.39 is 21.7 Å². The maximum Gasteiger partial charge on any atom is 0.240 e. The first-order valence-electron chi connectivity index (χ1n) is 6.89. The molecule has 7 heteroatoms. The van der Waals surface area contributed by atoms with Gasteiger partial charge in [-0.3, -0.25) is 4.79 Å². The zero-order valence-corrected chi connectivity index (χ0v) is 12.8. The van der Waals surface area contributed by atoms with Crippen LogP contribution in [0.25, 0.3) is 0 Å². The van der Waals surface area contributed by atoms with Crippen LogP contribution in [-0.2, 0) is 14.8 Å². The van der Waals surface area contributed by atoms with Crippen molar-refractivity contribution in [2.75, 3.05) is 5.32 Å². The molecule has 116 valence electrons. The standard InChI is InChI=1S/C14H19FN2O3S/c1-9-4-3-5-13(9)17-21(19,20)11-6-7-12(15)14(8-11)16-10(2)18/h6-9,13,17H,3-5H2,1-2H3,(H,16,18)/t9-,13-/m1/s1. The SMILES string of the molecule is CC(=O)Nc1cc(S(=O)(=O)N[C@@H]2CCC[C@H]2C)ccc1F. The lowest BCUT2D eigenvalue weighted by atomic mass is 10.1. The topological polar surface area (TPSA) is 75.3 Å². The molecule has 1 aliphatic rings. The molecule has 1 saturated carbocycles. The number of rotatable bonds is 4. The average Bonchev–Trinajstić information content (AvgIpc) is 2.76. The summed E-state index contributed by atoms with van der Waals surface area (Å²) in [5.74, 6) is -0.839. The molecule has 1 amide bonds. The second kappa shape index (κ2) is 6.11. The van der Waals surface area contributed by atoms with Crippen molar-refractivity contribution in [3.05, 3.63) is 24.0 Å². The van der Waals surface area contributed by atoms with Crippen LogP contribution in [0.4, 0.5) is 10.1 Å². The van der Waals surface area contributed by atoms with Gasteiger partial charge < -0.3 is 5.32 Å². The van der Waals surface area contributed by atoms with Gasteiger partial charge in [-0.1, -0.05) is 13.3 Å². The number of amides is 1. The predicted molar refractivity (Wildman–Crippen MR) is 77.8 cm³/mol. The Labute approximate surface area is 124 Å². The van der Waals surface area contributed by atoms with Crippen molar-refractivity contribution in [1.82, 2.24) is 4.72 Å². The Morgan fingerprint density at radius 1 is 1.33 bits per heavy atom. The zero-order chi connectivity index (χ0) is 15.6. The van der Waals surface area contributed by atoms with E-state index in [-0.39, 0.29) is 22.5 Å². The molecule has 0 radical (unpaired) electrons. The summed E-state index contributed by atoms with van der Waals surface area (Å²) in [5, 5.41) is 2.28. The van der Waals surface area contributed by atoms with Gasteiger partial charge in [-0.05, 0) is 37.0 Å². The first-order chi connectivity index (χ1) is 9.79. The number of benzene rings is 1. The van der Waals surface area contributed by atoms with E-state index in [2.05, 4.69) is 10.0 Å². The number of carbonyl (C=O) groups is 1. The van der Waals surface area contributed by atoms with Gasteiger partial charge in [0.05, 0.1) is 10.6 Å². The van der Waals surface area contributed by atoms with Gasteiger partial charge in [-0.25, -0.2) is 17.5 Å². The Hall–Kier alpha value is -1.47. The van der Waals surface area contributed by atoms with Crippen LogP contribution < -0.4 is 10.0 Å². The van der Waals surface area contributed by atoms with Gasteiger partial charge >= 0.3 is 0 Å². The zero-order valence-electron chi connectivity index (χ0n) is 12.0. The molecule has 0 spiro atoms. The smallest absolute Gasteiger partial charge is 0.240 e. The summed E-state index contributed by atoms with van der Waals surface area (Å²) in [7, 11) is -3.72. The highest BCUT2D eigenvalue weighted by atomic mass is 32.2. The summed E-state index contributed by atoms with van der Waals surface area (Å²) in [4.78, 5) is 11.0. The van der Waals surface area contributed by atoms with Crippen LogP contribution >= 0.6 is 0 Å². The van der Waals surface area contributed by atoms with E-state index in [0.29, 0.717) is 0 Å². The molecule has 2 N–H and O–H groups in total. The lowest BCUT2D eigenvalue weighted by Crippen LogP contribution is -2.36. The summed E-state index contributed by atoms with van der Waals surface area (Å²) in [6.45, 7) is 3.24. The number of anilines is 1. The fourth-order valence-electron chi connectivity index (χ4n) is 2.54. The minimum Gasteiger partial charge on any atom is -0.324 e. The number of hydrogen-bond donors (Lipinski definition) is 2. The Bertz CT molecular complexity index is 646. The van der Waals surface area contributed by atoms with E-state index in [1.807, 2.05) is 6.92 Å². The number of carbonyl (C=O) groups excluding carboxylic acids is 1. The second-order valence-corrected chi connectivity index (χ2v) is 7.17. The molecular formula is C14H19FN2O3S. The summed E-state index contributed by atoms with van der Waals surface area (Å²) < 4.78 is 40.9. The van der Waals surface area contributed by atoms with E-state index in [4.69, 9.17) is 0 Å². The molecule has 0 unspecified atom stereocenters. The molecule has 2 atom stereocenters. The fourth-order valence-corrected chi connectivity index (χ4v) is 3.95. The monoisotopic (exact) mass is 314 g/mol. The Balaban J connectivity index is 2.25. The van der Waals surface area contributed by atoms with Crippen molar-refractivity contribution in [3.63, 3.8) is 0 Å². The van der Waals surface area contributed by atoms with Crippen molar-refractivity contribution in [2.24, 2.45) is 5.92 Å². The van der Waals surface area contributed by atoms with Crippen molar-refractivity contribution in [2.45, 2.75) is 44.0 Å². The first kappa shape index (κ1) is 15.9. The maximum atomic E-state index is 13.6. The summed E-state index contributed by atoms with van der Waals surface area (Å²) in [5.41, 5.74) is -0.134. The largest absolute Gasteiger partial charge is 0.324 e. The number of nitrogens with one attached hydrogen (secondary N) is 2. The molecule has 0 bridgehead atoms. The fraction of sp³-hybridized carbons (Fsp3) is 0.500. The Kier molecular flexibility index (Phi) is 4.63. The molecule has 0 heterocycles. The van der Waals surface area contributed by atoms with Gasteiger partial charge in [0.15, 0.2) is 0 Å². The molecular weight excluding hydrogens is 295 g/mol. The highest BCUT2D eigenvalue weighted by molar-refractivity contribution is 7.89. The molecule has 5 nitrogen and oxygen atoms in total. The first-order valence-corrected chi connectivity index (χ1v) is 8.37. The van der Waals surface area contributed by atoms with Crippen molar-refractivity contribution >= 4 is 21.6 Å². The number of hydrogen-bond acceptors (Lipinski definition) is 3. The van der Waals surface area contributed by atoms with Crippen LogP contribution in [-0.4, -0.2) is 20.4 Å². The number of sulfonamides is 1. The van der Waals surface area contributed by atoms with Crippen LogP contribution in [0.15, 0.2) is 23.1 Å². The van der Waals surface area contributed by atoms with E-state index in [1.165, 1.54) is 13.0 Å². The van der Waals surface area contributed by atoms with Crippen LogP contribution in [0, 0.1) is 11.7 Å². The van der Waals surface area contributed by atoms with Gasteiger partial charge in [0.25, 0.3) is 0 Å². The summed E-state index contributed by atoms with van der Waals surface area (Å²) in [6, 6.07) is 3.28. The third-order valence-corrected chi connectivity index (χ3v) is 5.21. The van der Waals surface area contributed by atoms with Gasteiger partial charge in [-0.15, -0.1) is 0 Å². The van der Waals surface area contributed by atoms with E-state index in [9.17, 15) is 17.6 Å². The molecule has 0 aromatic heterocycles. The van der Waals surface area contributed by atoms with Crippen LogP contribution in [0.5, 0.6) is 0 Å². The van der Waals surface area contributed by atoms with E-state index >= 15 is 0 Å². The molecule has 1 aliphatic carbocycles. The Morgan fingerprint density at radius 3 is 2.62 bits per heavy atom. The second-order valence-electron chi connectivity index (χ2n) is 5.46. The third kappa shape index (κ3) is 3.79. The third-order valence-electron chi connectivity index (χ3n) is 3.73. The minimum atomic E-state index is -3.72. The highest BCUT2D eigenvalue weighted by Gasteiger charge is 2.28. The van der Waals surface area contributed by atoms with E-state index in [0.717, 1.165) is 31.4 Å². The normalized spacial score (nSPS) is 22.2. The van der Waals surface area contributed by atoms with Crippen LogP contribution in [0.2, 0.25) is 0 Å². The quantitative estimate of drug-likeness (QED) is 0.895. The lowest BCUT2D eigenvalue weighted by Gasteiger charge is -2.17. The average molecular weight is 314 g/mol. The van der Waals surface area contributed by atoms with Gasteiger partial charge in [0.1, 0.15) is 5.82 Å². The molecule has 1 aromatic carbocycles. The molecule has 0 aliphatic heterocycles. The van der Waals surface area contributed by atoms with Crippen molar-refractivity contribution in [3.8, 4) is 0 Å². The summed E-state index contributed by atoms with van der Waals surface area (Å²) >= 11 is 0. The van der Waals surface area contributed by atoms with Gasteiger partial charge in [0, 0.05) is 13.0 Å². The van der Waals surface area contributed by atoms with Crippen molar-refractivity contribution < 1.29 is 17.6 Å².